The van der Waals surface area contributed by atoms with Gasteiger partial charge in [0.15, 0.2) is 0 Å². The van der Waals surface area contributed by atoms with Crippen LogP contribution in [-0.2, 0) is 6.54 Å². The van der Waals surface area contributed by atoms with Crippen molar-refractivity contribution in [3.05, 3.63) is 29.6 Å². The maximum Gasteiger partial charge on any atom is 0.129 e. The van der Waals surface area contributed by atoms with Gasteiger partial charge in [0, 0.05) is 17.8 Å². The van der Waals surface area contributed by atoms with E-state index in [1.54, 1.807) is 12.1 Å². The normalized spacial score (nSPS) is 18.5. The Morgan fingerprint density at radius 1 is 1.35 bits per heavy atom. The lowest BCUT2D eigenvalue weighted by Crippen LogP contribution is -2.33. The van der Waals surface area contributed by atoms with E-state index in [0.717, 1.165) is 24.6 Å². The molecule has 2 N–H and O–H groups in total. The molecule has 0 aromatic heterocycles. The molecule has 0 atom stereocenters. The van der Waals surface area contributed by atoms with Crippen molar-refractivity contribution in [3.63, 3.8) is 0 Å². The number of nitrogens with zero attached hydrogens (tertiary/aromatic N) is 1. The fourth-order valence-corrected chi connectivity index (χ4v) is 2.49. The largest absolute Gasteiger partial charge is 0.399 e. The Bertz CT molecular complexity index is 370. The molecule has 2 rings (SSSR count). The first-order chi connectivity index (χ1) is 8.19. The van der Waals surface area contributed by atoms with Crippen LogP contribution in [-0.4, -0.2) is 18.0 Å². The van der Waals surface area contributed by atoms with Crippen molar-refractivity contribution in [2.75, 3.05) is 18.8 Å². The van der Waals surface area contributed by atoms with Crippen LogP contribution < -0.4 is 5.73 Å². The van der Waals surface area contributed by atoms with Gasteiger partial charge in [-0.05, 0) is 44.0 Å². The van der Waals surface area contributed by atoms with Gasteiger partial charge in [-0.2, -0.15) is 0 Å². The SMILES string of the molecule is CCC1CCN(Cc2ccc(N)cc2F)CC1. The van der Waals surface area contributed by atoms with E-state index in [0.29, 0.717) is 12.2 Å². The lowest BCUT2D eigenvalue weighted by Gasteiger charge is -2.31. The minimum absolute atomic E-state index is 0.178. The molecule has 2 nitrogen and oxygen atoms in total. The van der Waals surface area contributed by atoms with Crippen LogP contribution in [0.5, 0.6) is 0 Å². The third kappa shape index (κ3) is 3.19. The number of rotatable bonds is 3. The van der Waals surface area contributed by atoms with E-state index in [4.69, 9.17) is 5.73 Å². The van der Waals surface area contributed by atoms with Crippen LogP contribution in [0.3, 0.4) is 0 Å². The molecule has 0 radical (unpaired) electrons. The van der Waals surface area contributed by atoms with Crippen LogP contribution in [0.2, 0.25) is 0 Å². The predicted molar refractivity (Wildman–Crippen MR) is 69.1 cm³/mol. The van der Waals surface area contributed by atoms with Crippen molar-refractivity contribution in [1.82, 2.24) is 4.90 Å². The fourth-order valence-electron chi connectivity index (χ4n) is 2.49. The maximum absolute atomic E-state index is 13.6. The highest BCUT2D eigenvalue weighted by Crippen LogP contribution is 2.22. The third-order valence-electron chi connectivity index (χ3n) is 3.76. The highest BCUT2D eigenvalue weighted by atomic mass is 19.1. The Morgan fingerprint density at radius 2 is 2.06 bits per heavy atom. The van der Waals surface area contributed by atoms with Crippen molar-refractivity contribution >= 4 is 5.69 Å². The van der Waals surface area contributed by atoms with Gasteiger partial charge < -0.3 is 5.73 Å². The standard InChI is InChI=1S/C14H21FN2/c1-2-11-5-7-17(8-6-11)10-12-3-4-13(16)9-14(12)15/h3-4,9,11H,2,5-8,10,16H2,1H3. The first kappa shape index (κ1) is 12.4. The molecule has 0 amide bonds. The molecule has 1 fully saturated rings. The molecule has 0 aliphatic carbocycles. The Kier molecular flexibility index (Phi) is 4.00. The Morgan fingerprint density at radius 3 is 2.65 bits per heavy atom. The van der Waals surface area contributed by atoms with E-state index in [1.807, 2.05) is 0 Å². The van der Waals surface area contributed by atoms with Gasteiger partial charge in [-0.1, -0.05) is 19.4 Å². The molecule has 0 bridgehead atoms. The number of hydrogen-bond donors (Lipinski definition) is 1. The number of anilines is 1. The van der Waals surface area contributed by atoms with Gasteiger partial charge in [-0.3, -0.25) is 4.90 Å². The highest BCUT2D eigenvalue weighted by molar-refractivity contribution is 5.40. The summed E-state index contributed by atoms with van der Waals surface area (Å²) in [4.78, 5) is 2.33. The summed E-state index contributed by atoms with van der Waals surface area (Å²) < 4.78 is 13.6. The highest BCUT2D eigenvalue weighted by Gasteiger charge is 2.18. The first-order valence-electron chi connectivity index (χ1n) is 6.45. The minimum Gasteiger partial charge on any atom is -0.399 e. The van der Waals surface area contributed by atoms with Crippen molar-refractivity contribution < 1.29 is 4.39 Å². The maximum atomic E-state index is 13.6. The number of likely N-dealkylation sites (tertiary alicyclic amines) is 1. The van der Waals surface area contributed by atoms with Crippen molar-refractivity contribution in [3.8, 4) is 0 Å². The quantitative estimate of drug-likeness (QED) is 0.817. The minimum atomic E-state index is -0.178. The number of piperidine rings is 1. The van der Waals surface area contributed by atoms with Gasteiger partial charge in [0.25, 0.3) is 0 Å². The number of nitrogens with two attached hydrogens (primary N) is 1. The lowest BCUT2D eigenvalue weighted by molar-refractivity contribution is 0.173. The number of halogens is 1. The first-order valence-corrected chi connectivity index (χ1v) is 6.45. The van der Waals surface area contributed by atoms with Crippen molar-refractivity contribution in [1.29, 1.82) is 0 Å². The average molecular weight is 236 g/mol. The summed E-state index contributed by atoms with van der Waals surface area (Å²) in [5.74, 6) is 0.685. The smallest absolute Gasteiger partial charge is 0.129 e. The zero-order chi connectivity index (χ0) is 12.3. The van der Waals surface area contributed by atoms with Crippen LogP contribution in [0.1, 0.15) is 31.7 Å². The summed E-state index contributed by atoms with van der Waals surface area (Å²) in [5.41, 5.74) is 6.80. The second kappa shape index (κ2) is 5.50. The van der Waals surface area contributed by atoms with Gasteiger partial charge in [0.2, 0.25) is 0 Å². The molecule has 1 heterocycles. The molecular weight excluding hydrogens is 215 g/mol. The number of benzene rings is 1. The topological polar surface area (TPSA) is 29.3 Å². The monoisotopic (exact) mass is 236 g/mol. The zero-order valence-corrected chi connectivity index (χ0v) is 10.5. The Labute approximate surface area is 103 Å². The molecule has 1 aromatic rings. The molecule has 1 aromatic carbocycles. The summed E-state index contributed by atoms with van der Waals surface area (Å²) in [6.45, 7) is 5.13. The van der Waals surface area contributed by atoms with Crippen LogP contribution >= 0.6 is 0 Å². The summed E-state index contributed by atoms with van der Waals surface area (Å²) >= 11 is 0. The molecule has 3 heteroatoms. The lowest BCUT2D eigenvalue weighted by atomic mass is 9.94. The molecule has 0 spiro atoms. The fraction of sp³-hybridized carbons (Fsp3) is 0.571. The zero-order valence-electron chi connectivity index (χ0n) is 10.5. The summed E-state index contributed by atoms with van der Waals surface area (Å²) in [6.07, 6.45) is 3.75. The van der Waals surface area contributed by atoms with E-state index in [9.17, 15) is 4.39 Å². The molecule has 94 valence electrons. The Hall–Kier alpha value is -1.09. The molecule has 0 saturated carbocycles. The van der Waals surface area contributed by atoms with E-state index in [1.165, 1.54) is 25.3 Å². The predicted octanol–water partition coefficient (Wildman–Crippen LogP) is 3.03. The number of hydrogen-bond acceptors (Lipinski definition) is 2. The molecule has 17 heavy (non-hydrogen) atoms. The van der Waals surface area contributed by atoms with Gasteiger partial charge >= 0.3 is 0 Å². The molecule has 1 saturated heterocycles. The van der Waals surface area contributed by atoms with E-state index < -0.39 is 0 Å². The second-order valence-electron chi connectivity index (χ2n) is 4.98. The van der Waals surface area contributed by atoms with Crippen molar-refractivity contribution in [2.45, 2.75) is 32.7 Å². The van der Waals surface area contributed by atoms with Crippen LogP contribution in [0, 0.1) is 11.7 Å². The van der Waals surface area contributed by atoms with Gasteiger partial charge in [0.05, 0.1) is 0 Å². The van der Waals surface area contributed by atoms with Crippen LogP contribution in [0.25, 0.3) is 0 Å². The summed E-state index contributed by atoms with van der Waals surface area (Å²) in [5, 5.41) is 0. The average Bonchev–Trinajstić information content (AvgIpc) is 2.34. The van der Waals surface area contributed by atoms with Crippen molar-refractivity contribution in [2.24, 2.45) is 5.92 Å². The third-order valence-corrected chi connectivity index (χ3v) is 3.76. The summed E-state index contributed by atoms with van der Waals surface area (Å²) in [6, 6.07) is 4.99. The summed E-state index contributed by atoms with van der Waals surface area (Å²) in [7, 11) is 0. The molecule has 1 aliphatic rings. The van der Waals surface area contributed by atoms with Crippen LogP contribution in [0.4, 0.5) is 10.1 Å². The van der Waals surface area contributed by atoms with E-state index >= 15 is 0 Å². The van der Waals surface area contributed by atoms with Gasteiger partial charge in [-0.25, -0.2) is 4.39 Å². The molecule has 1 aliphatic heterocycles. The van der Waals surface area contributed by atoms with E-state index in [2.05, 4.69) is 11.8 Å². The Balaban J connectivity index is 1.93. The van der Waals surface area contributed by atoms with Gasteiger partial charge in [0.1, 0.15) is 5.82 Å². The van der Waals surface area contributed by atoms with Crippen LogP contribution in [0.15, 0.2) is 18.2 Å². The molecular formula is C14H21FN2. The molecule has 0 unspecified atom stereocenters. The van der Waals surface area contributed by atoms with Gasteiger partial charge in [-0.15, -0.1) is 0 Å². The van der Waals surface area contributed by atoms with E-state index in [-0.39, 0.29) is 5.82 Å². The number of nitrogen functional groups attached to an aromatic ring is 1. The second-order valence-corrected chi connectivity index (χ2v) is 4.98.